The van der Waals surface area contributed by atoms with Crippen molar-refractivity contribution in [1.29, 1.82) is 0 Å². The number of piperidine rings is 1. The monoisotopic (exact) mass is 215 g/mol. The first-order chi connectivity index (χ1) is 6.29. The van der Waals surface area contributed by atoms with Crippen LogP contribution in [0.25, 0.3) is 0 Å². The molecule has 74 valence electrons. The molecule has 0 N–H and O–H groups in total. The van der Waals surface area contributed by atoms with Crippen molar-refractivity contribution in [2.24, 2.45) is 0 Å². The summed E-state index contributed by atoms with van der Waals surface area (Å²) in [6.07, 6.45) is 5.83. The second-order valence-corrected chi connectivity index (χ2v) is 7.78. The van der Waals surface area contributed by atoms with E-state index in [1.807, 2.05) is 0 Å². The Bertz CT molecular complexity index is 197. The summed E-state index contributed by atoms with van der Waals surface area (Å²) in [7, 11) is 2.33. The van der Waals surface area contributed by atoms with Crippen LogP contribution in [-0.2, 0) is 0 Å². The molecule has 3 saturated heterocycles. The Balaban J connectivity index is 1.82. The Hall–Kier alpha value is 0.660. The lowest BCUT2D eigenvalue weighted by Gasteiger charge is -2.42. The number of rotatable bonds is 0. The lowest BCUT2D eigenvalue weighted by molar-refractivity contribution is 0.176. The third-order valence-corrected chi connectivity index (χ3v) is 7.39. The third kappa shape index (κ3) is 1.35. The van der Waals surface area contributed by atoms with Crippen molar-refractivity contribution in [2.45, 2.75) is 41.8 Å². The van der Waals surface area contributed by atoms with Crippen molar-refractivity contribution < 1.29 is 0 Å². The molecule has 1 spiro atoms. The maximum Gasteiger partial charge on any atom is 0.0641 e. The van der Waals surface area contributed by atoms with Crippen LogP contribution in [-0.4, -0.2) is 39.6 Å². The van der Waals surface area contributed by atoms with Gasteiger partial charge in [0.05, 0.1) is 4.08 Å². The molecule has 3 fully saturated rings. The summed E-state index contributed by atoms with van der Waals surface area (Å²) in [5.74, 6) is 2.79. The average molecular weight is 215 g/mol. The third-order valence-electron chi connectivity index (χ3n) is 3.89. The van der Waals surface area contributed by atoms with Crippen LogP contribution in [0, 0.1) is 0 Å². The molecule has 3 aliphatic rings. The lowest BCUT2D eigenvalue weighted by atomic mass is 10.0. The number of hydrogen-bond acceptors (Lipinski definition) is 3. The maximum absolute atomic E-state index is 2.64. The van der Waals surface area contributed by atoms with E-state index in [9.17, 15) is 0 Å². The highest BCUT2D eigenvalue weighted by Crippen LogP contribution is 2.56. The molecule has 2 atom stereocenters. The second-order valence-electron chi connectivity index (χ2n) is 4.57. The lowest BCUT2D eigenvalue weighted by Crippen LogP contribution is -2.45. The summed E-state index contributed by atoms with van der Waals surface area (Å²) in [5, 5.41) is 0. The van der Waals surface area contributed by atoms with E-state index in [1.165, 1.54) is 37.2 Å². The molecule has 0 radical (unpaired) electrons. The van der Waals surface area contributed by atoms with Gasteiger partial charge < -0.3 is 4.90 Å². The van der Waals surface area contributed by atoms with Crippen molar-refractivity contribution >= 4 is 23.5 Å². The van der Waals surface area contributed by atoms with E-state index in [0.717, 1.165) is 12.1 Å². The number of hydrogen-bond donors (Lipinski definition) is 0. The van der Waals surface area contributed by atoms with Gasteiger partial charge in [-0.3, -0.25) is 0 Å². The van der Waals surface area contributed by atoms with E-state index in [-0.39, 0.29) is 0 Å². The first-order valence-corrected chi connectivity index (χ1v) is 7.26. The molecule has 3 heterocycles. The van der Waals surface area contributed by atoms with Gasteiger partial charge in [0.2, 0.25) is 0 Å². The van der Waals surface area contributed by atoms with E-state index in [4.69, 9.17) is 0 Å². The minimum absolute atomic E-state index is 0.651. The Labute approximate surface area is 89.0 Å². The molecule has 0 aromatic heterocycles. The molecule has 0 aromatic carbocycles. The van der Waals surface area contributed by atoms with Crippen molar-refractivity contribution in [1.82, 2.24) is 4.90 Å². The average Bonchev–Trinajstić information content (AvgIpc) is 2.60. The summed E-state index contributed by atoms with van der Waals surface area (Å²) >= 11 is 4.50. The first-order valence-electron chi connectivity index (χ1n) is 5.29. The summed E-state index contributed by atoms with van der Waals surface area (Å²) in [6.45, 7) is 0. The van der Waals surface area contributed by atoms with Crippen LogP contribution in [0.2, 0.25) is 0 Å². The molecule has 3 rings (SSSR count). The molecule has 0 amide bonds. The van der Waals surface area contributed by atoms with E-state index in [0.29, 0.717) is 4.08 Å². The van der Waals surface area contributed by atoms with E-state index in [1.54, 1.807) is 0 Å². The number of nitrogens with zero attached hydrogens (tertiary/aromatic N) is 1. The molecule has 0 aromatic rings. The maximum atomic E-state index is 2.64. The molecule has 3 aliphatic heterocycles. The minimum atomic E-state index is 0.651. The molecule has 2 bridgehead atoms. The smallest absolute Gasteiger partial charge is 0.0641 e. The van der Waals surface area contributed by atoms with Crippen LogP contribution in [0.3, 0.4) is 0 Å². The van der Waals surface area contributed by atoms with Gasteiger partial charge in [-0.05, 0) is 32.7 Å². The zero-order valence-corrected chi connectivity index (χ0v) is 9.79. The zero-order chi connectivity index (χ0) is 8.89. The van der Waals surface area contributed by atoms with Gasteiger partial charge in [0.25, 0.3) is 0 Å². The van der Waals surface area contributed by atoms with Crippen molar-refractivity contribution in [3.63, 3.8) is 0 Å². The Kier molecular flexibility index (Phi) is 2.11. The Morgan fingerprint density at radius 3 is 2.15 bits per heavy atom. The quantitative estimate of drug-likeness (QED) is 0.611. The first kappa shape index (κ1) is 8.93. The topological polar surface area (TPSA) is 3.24 Å². The van der Waals surface area contributed by atoms with Gasteiger partial charge in [0.1, 0.15) is 0 Å². The van der Waals surface area contributed by atoms with Gasteiger partial charge in [0.15, 0.2) is 0 Å². The summed E-state index contributed by atoms with van der Waals surface area (Å²) in [5.41, 5.74) is 0. The molecule has 0 saturated carbocycles. The van der Waals surface area contributed by atoms with Crippen LogP contribution in [0.4, 0.5) is 0 Å². The largest absolute Gasteiger partial charge is 0.300 e. The van der Waals surface area contributed by atoms with Gasteiger partial charge in [-0.25, -0.2) is 0 Å². The molecule has 0 unspecified atom stereocenters. The molecule has 3 heteroatoms. The molecule has 1 nitrogen and oxygen atoms in total. The standard InChI is InChI=1S/C10H17NS2/c1-11-8-2-3-9(11)7-10(6-8)12-4-5-13-10/h8-9H,2-7H2,1H3/t8-,9+. The minimum Gasteiger partial charge on any atom is -0.300 e. The van der Waals surface area contributed by atoms with Crippen LogP contribution >= 0.6 is 23.5 Å². The highest BCUT2D eigenvalue weighted by molar-refractivity contribution is 8.21. The number of fused-ring (bicyclic) bond motifs is 2. The van der Waals surface area contributed by atoms with Gasteiger partial charge in [0, 0.05) is 23.6 Å². The van der Waals surface area contributed by atoms with Crippen molar-refractivity contribution in [3.05, 3.63) is 0 Å². The summed E-state index contributed by atoms with van der Waals surface area (Å²) in [4.78, 5) is 2.64. The molecule has 0 aliphatic carbocycles. The molecular formula is C10H17NS2. The fourth-order valence-electron chi connectivity index (χ4n) is 3.12. The van der Waals surface area contributed by atoms with Crippen molar-refractivity contribution in [3.8, 4) is 0 Å². The fourth-order valence-corrected chi connectivity index (χ4v) is 6.60. The summed E-state index contributed by atoms with van der Waals surface area (Å²) in [6, 6.07) is 1.83. The highest BCUT2D eigenvalue weighted by Gasteiger charge is 2.48. The molecular weight excluding hydrogens is 198 g/mol. The number of thioether (sulfide) groups is 2. The van der Waals surface area contributed by atoms with Gasteiger partial charge in [-0.2, -0.15) is 0 Å². The van der Waals surface area contributed by atoms with Crippen LogP contribution < -0.4 is 0 Å². The Morgan fingerprint density at radius 2 is 1.62 bits per heavy atom. The van der Waals surface area contributed by atoms with Gasteiger partial charge in [-0.1, -0.05) is 0 Å². The van der Waals surface area contributed by atoms with Gasteiger partial charge in [-0.15, -0.1) is 23.5 Å². The SMILES string of the molecule is CN1[C@@H]2CC[C@H]1CC1(C2)SCCS1. The van der Waals surface area contributed by atoms with E-state index in [2.05, 4.69) is 35.5 Å². The van der Waals surface area contributed by atoms with Crippen LogP contribution in [0.15, 0.2) is 0 Å². The highest BCUT2D eigenvalue weighted by atomic mass is 32.2. The zero-order valence-electron chi connectivity index (χ0n) is 8.16. The summed E-state index contributed by atoms with van der Waals surface area (Å²) < 4.78 is 0.651. The predicted octanol–water partition coefficient (Wildman–Crippen LogP) is 2.42. The van der Waals surface area contributed by atoms with Crippen LogP contribution in [0.5, 0.6) is 0 Å². The fraction of sp³-hybridized carbons (Fsp3) is 1.00. The Morgan fingerprint density at radius 1 is 1.08 bits per heavy atom. The molecule has 13 heavy (non-hydrogen) atoms. The van der Waals surface area contributed by atoms with E-state index >= 15 is 0 Å². The van der Waals surface area contributed by atoms with E-state index < -0.39 is 0 Å². The second kappa shape index (κ2) is 3.07. The van der Waals surface area contributed by atoms with Gasteiger partial charge >= 0.3 is 0 Å². The predicted molar refractivity (Wildman–Crippen MR) is 61.5 cm³/mol. The van der Waals surface area contributed by atoms with Crippen LogP contribution in [0.1, 0.15) is 25.7 Å². The van der Waals surface area contributed by atoms with Crippen molar-refractivity contribution in [2.75, 3.05) is 18.6 Å². The normalized spacial score (nSPS) is 43.2.